The van der Waals surface area contributed by atoms with E-state index in [-0.39, 0.29) is 23.7 Å². The van der Waals surface area contributed by atoms with E-state index in [1.807, 2.05) is 0 Å². The molecular formula is C19H22ClNO5S. The molecule has 2 aromatic rings. The van der Waals surface area contributed by atoms with Crippen molar-refractivity contribution in [2.24, 2.45) is 0 Å². The Kier molecular flexibility index (Phi) is 7.65. The summed E-state index contributed by atoms with van der Waals surface area (Å²) in [6.45, 7) is 4.59. The van der Waals surface area contributed by atoms with E-state index < -0.39 is 16.0 Å². The smallest absolute Gasteiger partial charge is 0.338 e. The Balaban J connectivity index is 1.89. The third-order valence-electron chi connectivity index (χ3n) is 3.83. The van der Waals surface area contributed by atoms with Crippen LogP contribution in [0.4, 0.5) is 0 Å². The zero-order valence-electron chi connectivity index (χ0n) is 15.2. The first-order valence-electron chi connectivity index (χ1n) is 8.54. The average molecular weight is 412 g/mol. The monoisotopic (exact) mass is 411 g/mol. The van der Waals surface area contributed by atoms with Gasteiger partial charge in [-0.2, -0.15) is 4.31 Å². The Labute approximate surface area is 164 Å². The Morgan fingerprint density at radius 3 is 2.11 bits per heavy atom. The number of esters is 1. The van der Waals surface area contributed by atoms with Crippen molar-refractivity contribution < 1.29 is 22.7 Å². The van der Waals surface area contributed by atoms with E-state index in [2.05, 4.69) is 0 Å². The van der Waals surface area contributed by atoms with Crippen LogP contribution >= 0.6 is 11.6 Å². The second kappa shape index (κ2) is 9.73. The number of rotatable bonds is 9. The number of halogens is 1. The molecule has 8 heteroatoms. The van der Waals surface area contributed by atoms with Crippen molar-refractivity contribution in [3.8, 4) is 5.75 Å². The Hall–Kier alpha value is -2.09. The number of hydrogen-bond donors (Lipinski definition) is 0. The molecular weight excluding hydrogens is 390 g/mol. The molecule has 0 heterocycles. The number of ether oxygens (including phenoxy) is 2. The SMILES string of the molecule is CCN(CC)S(=O)(=O)c1ccc(C(=O)OCCOc2ccc(Cl)cc2)cc1. The normalized spacial score (nSPS) is 11.4. The molecule has 0 aliphatic rings. The summed E-state index contributed by atoms with van der Waals surface area (Å²) in [6, 6.07) is 12.6. The summed E-state index contributed by atoms with van der Waals surface area (Å²) in [5.41, 5.74) is 0.278. The lowest BCUT2D eigenvalue weighted by Crippen LogP contribution is -2.30. The molecule has 0 bridgehead atoms. The Bertz CT molecular complexity index is 847. The molecule has 0 radical (unpaired) electrons. The van der Waals surface area contributed by atoms with E-state index in [9.17, 15) is 13.2 Å². The summed E-state index contributed by atoms with van der Waals surface area (Å²) < 4.78 is 36.8. The van der Waals surface area contributed by atoms with Crippen molar-refractivity contribution in [3.63, 3.8) is 0 Å². The highest BCUT2D eigenvalue weighted by Crippen LogP contribution is 2.17. The zero-order valence-corrected chi connectivity index (χ0v) is 16.8. The summed E-state index contributed by atoms with van der Waals surface area (Å²) in [6.07, 6.45) is 0. The molecule has 0 amide bonds. The van der Waals surface area contributed by atoms with Gasteiger partial charge in [-0.3, -0.25) is 0 Å². The van der Waals surface area contributed by atoms with Gasteiger partial charge in [-0.1, -0.05) is 25.4 Å². The van der Waals surface area contributed by atoms with Gasteiger partial charge in [0.15, 0.2) is 0 Å². The van der Waals surface area contributed by atoms with Crippen LogP contribution in [0.25, 0.3) is 0 Å². The molecule has 0 atom stereocenters. The highest BCUT2D eigenvalue weighted by atomic mass is 35.5. The first kappa shape index (κ1) is 21.2. The van der Waals surface area contributed by atoms with Crippen LogP contribution < -0.4 is 4.74 Å². The van der Waals surface area contributed by atoms with Gasteiger partial charge < -0.3 is 9.47 Å². The van der Waals surface area contributed by atoms with Crippen LogP contribution in [0.3, 0.4) is 0 Å². The third-order valence-corrected chi connectivity index (χ3v) is 6.15. The molecule has 0 aliphatic heterocycles. The maximum absolute atomic E-state index is 12.4. The van der Waals surface area contributed by atoms with Gasteiger partial charge in [0.05, 0.1) is 10.5 Å². The molecule has 2 rings (SSSR count). The van der Waals surface area contributed by atoms with Crippen molar-refractivity contribution in [1.29, 1.82) is 0 Å². The standard InChI is InChI=1S/C19H22ClNO5S/c1-3-21(4-2)27(23,24)18-11-5-15(6-12-18)19(22)26-14-13-25-17-9-7-16(20)8-10-17/h5-12H,3-4,13-14H2,1-2H3. The van der Waals surface area contributed by atoms with E-state index in [4.69, 9.17) is 21.1 Å². The number of sulfonamides is 1. The number of carbonyl (C=O) groups is 1. The Morgan fingerprint density at radius 1 is 0.963 bits per heavy atom. The van der Waals surface area contributed by atoms with Gasteiger partial charge in [0, 0.05) is 18.1 Å². The maximum atomic E-state index is 12.4. The fraction of sp³-hybridized carbons (Fsp3) is 0.316. The minimum absolute atomic E-state index is 0.0704. The quantitative estimate of drug-likeness (QED) is 0.465. The predicted molar refractivity (Wildman–Crippen MR) is 104 cm³/mol. The number of hydrogen-bond acceptors (Lipinski definition) is 5. The van der Waals surface area contributed by atoms with Crippen LogP contribution in [0.2, 0.25) is 5.02 Å². The lowest BCUT2D eigenvalue weighted by molar-refractivity contribution is 0.0450. The summed E-state index contributed by atoms with van der Waals surface area (Å²) >= 11 is 5.79. The highest BCUT2D eigenvalue weighted by molar-refractivity contribution is 7.89. The molecule has 0 aliphatic carbocycles. The van der Waals surface area contributed by atoms with Gasteiger partial charge in [0.25, 0.3) is 0 Å². The average Bonchev–Trinajstić information content (AvgIpc) is 2.67. The predicted octanol–water partition coefficient (Wildman–Crippen LogP) is 3.61. The zero-order chi connectivity index (χ0) is 19.9. The fourth-order valence-corrected chi connectivity index (χ4v) is 3.97. The van der Waals surface area contributed by atoms with E-state index in [0.717, 1.165) is 0 Å². The van der Waals surface area contributed by atoms with Gasteiger partial charge >= 0.3 is 5.97 Å². The van der Waals surface area contributed by atoms with Crippen LogP contribution in [0.5, 0.6) is 5.75 Å². The van der Waals surface area contributed by atoms with Crippen molar-refractivity contribution >= 4 is 27.6 Å². The minimum atomic E-state index is -3.55. The first-order chi connectivity index (χ1) is 12.9. The lowest BCUT2D eigenvalue weighted by Gasteiger charge is -2.18. The second-order valence-corrected chi connectivity index (χ2v) is 7.93. The lowest BCUT2D eigenvalue weighted by atomic mass is 10.2. The summed E-state index contributed by atoms with van der Waals surface area (Å²) in [5, 5.41) is 0.611. The van der Waals surface area contributed by atoms with Crippen molar-refractivity contribution in [2.75, 3.05) is 26.3 Å². The van der Waals surface area contributed by atoms with E-state index in [1.54, 1.807) is 38.1 Å². The van der Waals surface area contributed by atoms with Crippen molar-refractivity contribution in [3.05, 3.63) is 59.1 Å². The minimum Gasteiger partial charge on any atom is -0.490 e. The fourth-order valence-electron chi connectivity index (χ4n) is 2.38. The molecule has 0 aromatic heterocycles. The van der Waals surface area contributed by atoms with E-state index >= 15 is 0 Å². The van der Waals surface area contributed by atoms with Crippen LogP contribution in [0.1, 0.15) is 24.2 Å². The third kappa shape index (κ3) is 5.69. The van der Waals surface area contributed by atoms with Crippen LogP contribution in [-0.4, -0.2) is 45.0 Å². The molecule has 2 aromatic carbocycles. The molecule has 0 N–H and O–H groups in total. The summed E-state index contributed by atoms with van der Waals surface area (Å²) in [7, 11) is -3.55. The summed E-state index contributed by atoms with van der Waals surface area (Å²) in [4.78, 5) is 12.2. The number of benzene rings is 2. The van der Waals surface area contributed by atoms with Gasteiger partial charge in [-0.15, -0.1) is 0 Å². The molecule has 0 fully saturated rings. The van der Waals surface area contributed by atoms with Crippen LogP contribution in [-0.2, 0) is 14.8 Å². The van der Waals surface area contributed by atoms with Gasteiger partial charge in [0.2, 0.25) is 10.0 Å². The molecule has 6 nitrogen and oxygen atoms in total. The van der Waals surface area contributed by atoms with E-state index in [1.165, 1.54) is 28.6 Å². The highest BCUT2D eigenvalue weighted by Gasteiger charge is 2.21. The molecule has 0 saturated carbocycles. The van der Waals surface area contributed by atoms with Gasteiger partial charge in [0.1, 0.15) is 19.0 Å². The molecule has 0 saturated heterocycles. The number of nitrogens with zero attached hydrogens (tertiary/aromatic N) is 1. The topological polar surface area (TPSA) is 72.9 Å². The van der Waals surface area contributed by atoms with Crippen molar-refractivity contribution in [2.45, 2.75) is 18.7 Å². The molecule has 0 spiro atoms. The molecule has 0 unspecified atom stereocenters. The second-order valence-electron chi connectivity index (χ2n) is 5.55. The first-order valence-corrected chi connectivity index (χ1v) is 10.4. The molecule has 146 valence electrons. The Morgan fingerprint density at radius 2 is 1.56 bits per heavy atom. The van der Waals surface area contributed by atoms with Gasteiger partial charge in [-0.05, 0) is 48.5 Å². The summed E-state index contributed by atoms with van der Waals surface area (Å²) in [5.74, 6) is 0.0860. The van der Waals surface area contributed by atoms with Crippen molar-refractivity contribution in [1.82, 2.24) is 4.31 Å². The number of carbonyl (C=O) groups excluding carboxylic acids is 1. The molecule has 27 heavy (non-hydrogen) atoms. The van der Waals surface area contributed by atoms with Crippen LogP contribution in [0, 0.1) is 0 Å². The van der Waals surface area contributed by atoms with Crippen LogP contribution in [0.15, 0.2) is 53.4 Å². The van der Waals surface area contributed by atoms with Gasteiger partial charge in [-0.25, -0.2) is 13.2 Å². The maximum Gasteiger partial charge on any atom is 0.338 e. The van der Waals surface area contributed by atoms with E-state index in [0.29, 0.717) is 23.9 Å². The largest absolute Gasteiger partial charge is 0.490 e.